The average molecular weight is 506 g/mol. The minimum atomic E-state index is -0.768. The minimum absolute atomic E-state index is 0.113. The molecule has 0 bridgehead atoms. The number of rotatable bonds is 7. The molecule has 3 N–H and O–H groups in total. The van der Waals surface area contributed by atoms with Crippen LogP contribution in [0, 0.1) is 11.7 Å². The van der Waals surface area contributed by atoms with E-state index >= 15 is 0 Å². The number of amides is 3. The highest BCUT2D eigenvalue weighted by Crippen LogP contribution is 2.26. The molecule has 7 nitrogen and oxygen atoms in total. The molecule has 3 aromatic rings. The van der Waals surface area contributed by atoms with Crippen LogP contribution in [0.2, 0.25) is 0 Å². The van der Waals surface area contributed by atoms with E-state index in [0.29, 0.717) is 27.8 Å². The zero-order valence-corrected chi connectivity index (χ0v) is 19.3. The lowest BCUT2D eigenvalue weighted by molar-refractivity contribution is -0.119. The van der Waals surface area contributed by atoms with Gasteiger partial charge in [0.1, 0.15) is 16.9 Å². The van der Waals surface area contributed by atoms with E-state index in [0.717, 1.165) is 4.47 Å². The third kappa shape index (κ3) is 6.31. The van der Waals surface area contributed by atoms with Gasteiger partial charge in [-0.1, -0.05) is 53.6 Å². The maximum absolute atomic E-state index is 13.1. The molecular formula is C21H21BrFN5O2S. The van der Waals surface area contributed by atoms with E-state index in [1.807, 2.05) is 19.9 Å². The Labute approximate surface area is 191 Å². The van der Waals surface area contributed by atoms with Crippen LogP contribution < -0.4 is 16.0 Å². The second kappa shape index (κ2) is 10.5. The number of anilines is 2. The third-order valence-corrected chi connectivity index (χ3v) is 5.99. The number of carbonyl (C=O) groups is 2. The van der Waals surface area contributed by atoms with Crippen LogP contribution in [-0.4, -0.2) is 28.2 Å². The van der Waals surface area contributed by atoms with Gasteiger partial charge in [0.2, 0.25) is 11.0 Å². The normalized spacial score (nSPS) is 12.6. The standard InChI is InChI=1S/C21H21BrFN5O2S/c1-3-12(2)17(25-20(30)24-16-6-4-5-14(22)11-16)18(29)26-21-28-27-19(31-21)13-7-9-15(23)10-8-13/h4-12,17H,3H2,1-2H3,(H2,24,25,30)(H,26,28,29)/t12-,17+/m1/s1. The quantitative estimate of drug-likeness (QED) is 0.406. The maximum Gasteiger partial charge on any atom is 0.319 e. The number of benzene rings is 2. The molecule has 2 atom stereocenters. The van der Waals surface area contributed by atoms with E-state index in [9.17, 15) is 14.0 Å². The Kier molecular flexibility index (Phi) is 7.69. The van der Waals surface area contributed by atoms with Gasteiger partial charge in [0.25, 0.3) is 0 Å². The summed E-state index contributed by atoms with van der Waals surface area (Å²) in [5.41, 5.74) is 1.30. The van der Waals surface area contributed by atoms with E-state index in [1.54, 1.807) is 30.3 Å². The zero-order chi connectivity index (χ0) is 22.4. The fourth-order valence-corrected chi connectivity index (χ4v) is 3.89. The molecule has 2 aromatic carbocycles. The summed E-state index contributed by atoms with van der Waals surface area (Å²) in [5, 5.41) is 17.1. The Balaban J connectivity index is 1.67. The minimum Gasteiger partial charge on any atom is -0.326 e. The van der Waals surface area contributed by atoms with E-state index in [1.165, 1.54) is 23.5 Å². The summed E-state index contributed by atoms with van der Waals surface area (Å²) in [6.07, 6.45) is 0.687. The maximum atomic E-state index is 13.1. The predicted molar refractivity (Wildman–Crippen MR) is 123 cm³/mol. The second-order valence-corrected chi connectivity index (χ2v) is 8.77. The Morgan fingerprint density at radius 2 is 1.87 bits per heavy atom. The lowest BCUT2D eigenvalue weighted by Crippen LogP contribution is -2.49. The Hall–Kier alpha value is -2.85. The first-order valence-electron chi connectivity index (χ1n) is 9.59. The Morgan fingerprint density at radius 1 is 1.13 bits per heavy atom. The third-order valence-electron chi connectivity index (χ3n) is 4.61. The molecule has 10 heteroatoms. The largest absolute Gasteiger partial charge is 0.326 e. The van der Waals surface area contributed by atoms with Gasteiger partial charge in [-0.25, -0.2) is 9.18 Å². The van der Waals surface area contributed by atoms with Crippen LogP contribution in [0.5, 0.6) is 0 Å². The van der Waals surface area contributed by atoms with Gasteiger partial charge in [-0.2, -0.15) is 0 Å². The fraction of sp³-hybridized carbons (Fsp3) is 0.238. The number of nitrogens with one attached hydrogen (secondary N) is 3. The SMILES string of the molecule is CC[C@@H](C)[C@H](NC(=O)Nc1cccc(Br)c1)C(=O)Nc1nnc(-c2ccc(F)cc2)s1. The van der Waals surface area contributed by atoms with Gasteiger partial charge in [0.05, 0.1) is 0 Å². The van der Waals surface area contributed by atoms with Crippen LogP contribution in [0.25, 0.3) is 10.6 Å². The molecule has 0 radical (unpaired) electrons. The summed E-state index contributed by atoms with van der Waals surface area (Å²) in [4.78, 5) is 25.3. The highest BCUT2D eigenvalue weighted by atomic mass is 79.9. The van der Waals surface area contributed by atoms with E-state index in [4.69, 9.17) is 0 Å². The number of carbonyl (C=O) groups excluding carboxylic acids is 2. The van der Waals surface area contributed by atoms with Gasteiger partial charge in [-0.15, -0.1) is 10.2 Å². The first kappa shape index (κ1) is 22.8. The molecule has 3 rings (SSSR count). The number of nitrogens with zero attached hydrogens (tertiary/aromatic N) is 2. The van der Waals surface area contributed by atoms with Crippen LogP contribution in [0.1, 0.15) is 20.3 Å². The second-order valence-electron chi connectivity index (χ2n) is 6.88. The van der Waals surface area contributed by atoms with E-state index < -0.39 is 12.1 Å². The summed E-state index contributed by atoms with van der Waals surface area (Å²) < 4.78 is 13.9. The van der Waals surface area contributed by atoms with Crippen molar-refractivity contribution in [2.45, 2.75) is 26.3 Å². The molecule has 0 unspecified atom stereocenters. The summed E-state index contributed by atoms with van der Waals surface area (Å²) in [6, 6.07) is 11.8. The lowest BCUT2D eigenvalue weighted by Gasteiger charge is -2.23. The number of halogens is 2. The van der Waals surface area contributed by atoms with Crippen molar-refractivity contribution in [3.05, 3.63) is 58.8 Å². The van der Waals surface area contributed by atoms with Gasteiger partial charge < -0.3 is 10.6 Å². The highest BCUT2D eigenvalue weighted by Gasteiger charge is 2.27. The molecule has 31 heavy (non-hydrogen) atoms. The van der Waals surface area contributed by atoms with Gasteiger partial charge in [-0.3, -0.25) is 10.1 Å². The Bertz CT molecular complexity index is 1060. The van der Waals surface area contributed by atoms with Gasteiger partial charge in [0, 0.05) is 15.7 Å². The topological polar surface area (TPSA) is 96.0 Å². The van der Waals surface area contributed by atoms with Crippen LogP contribution in [0.15, 0.2) is 53.0 Å². The molecular weight excluding hydrogens is 485 g/mol. The van der Waals surface area contributed by atoms with Gasteiger partial charge >= 0.3 is 6.03 Å². The summed E-state index contributed by atoms with van der Waals surface area (Å²) >= 11 is 4.52. The molecule has 162 valence electrons. The summed E-state index contributed by atoms with van der Waals surface area (Å²) in [5.74, 6) is -0.844. The molecule has 0 aliphatic heterocycles. The van der Waals surface area contributed by atoms with Crippen molar-refractivity contribution in [3.63, 3.8) is 0 Å². The molecule has 0 saturated carbocycles. The van der Waals surface area contributed by atoms with Crippen LogP contribution in [0.3, 0.4) is 0 Å². The molecule has 1 heterocycles. The summed E-state index contributed by atoms with van der Waals surface area (Å²) in [6.45, 7) is 3.82. The monoisotopic (exact) mass is 505 g/mol. The molecule has 0 saturated heterocycles. The van der Waals surface area contributed by atoms with Crippen molar-refractivity contribution in [2.75, 3.05) is 10.6 Å². The average Bonchev–Trinajstić information content (AvgIpc) is 3.20. The highest BCUT2D eigenvalue weighted by molar-refractivity contribution is 9.10. The molecule has 3 amide bonds. The molecule has 0 aliphatic carbocycles. The molecule has 1 aromatic heterocycles. The van der Waals surface area contributed by atoms with Crippen LogP contribution in [-0.2, 0) is 4.79 Å². The first-order valence-corrected chi connectivity index (χ1v) is 11.2. The number of hydrogen-bond donors (Lipinski definition) is 3. The van der Waals surface area contributed by atoms with Crippen molar-refractivity contribution in [3.8, 4) is 10.6 Å². The van der Waals surface area contributed by atoms with E-state index in [-0.39, 0.29) is 17.6 Å². The van der Waals surface area contributed by atoms with Crippen LogP contribution in [0.4, 0.5) is 20.0 Å². The number of urea groups is 1. The van der Waals surface area contributed by atoms with Crippen LogP contribution >= 0.6 is 27.3 Å². The molecule has 0 spiro atoms. The van der Waals surface area contributed by atoms with Gasteiger partial charge in [0.15, 0.2) is 0 Å². The van der Waals surface area contributed by atoms with Crippen molar-refractivity contribution in [2.24, 2.45) is 5.92 Å². The number of aromatic nitrogens is 2. The molecule has 0 aliphatic rings. The Morgan fingerprint density at radius 3 is 2.55 bits per heavy atom. The predicted octanol–water partition coefficient (Wildman–Crippen LogP) is 5.28. The summed E-state index contributed by atoms with van der Waals surface area (Å²) in [7, 11) is 0. The smallest absolute Gasteiger partial charge is 0.319 e. The van der Waals surface area contributed by atoms with Crippen molar-refractivity contribution >= 4 is 50.0 Å². The van der Waals surface area contributed by atoms with Gasteiger partial charge in [-0.05, 0) is 48.4 Å². The molecule has 0 fully saturated rings. The van der Waals surface area contributed by atoms with Crippen molar-refractivity contribution < 1.29 is 14.0 Å². The first-order chi connectivity index (χ1) is 14.9. The number of hydrogen-bond acceptors (Lipinski definition) is 5. The van der Waals surface area contributed by atoms with E-state index in [2.05, 4.69) is 42.1 Å². The zero-order valence-electron chi connectivity index (χ0n) is 16.9. The van der Waals surface area contributed by atoms with Crippen molar-refractivity contribution in [1.82, 2.24) is 15.5 Å². The lowest BCUT2D eigenvalue weighted by atomic mass is 9.98. The van der Waals surface area contributed by atoms with Crippen molar-refractivity contribution in [1.29, 1.82) is 0 Å². The fourth-order valence-electron chi connectivity index (χ4n) is 2.74.